The molecule has 2 amide bonds. The molecule has 2 fully saturated rings. The summed E-state index contributed by atoms with van der Waals surface area (Å²) < 4.78 is 0. The summed E-state index contributed by atoms with van der Waals surface area (Å²) in [5, 5.41) is 3.39. The molecule has 0 bridgehead atoms. The van der Waals surface area contributed by atoms with E-state index in [2.05, 4.69) is 5.32 Å². The van der Waals surface area contributed by atoms with Gasteiger partial charge in [-0.2, -0.15) is 0 Å². The van der Waals surface area contributed by atoms with E-state index < -0.39 is 6.04 Å². The van der Waals surface area contributed by atoms with Gasteiger partial charge in [-0.3, -0.25) is 9.59 Å². The van der Waals surface area contributed by atoms with Gasteiger partial charge in [-0.15, -0.1) is 11.8 Å². The molecule has 2 unspecified atom stereocenters. The van der Waals surface area contributed by atoms with Crippen LogP contribution in [0.1, 0.15) is 39.7 Å². The van der Waals surface area contributed by atoms with Crippen molar-refractivity contribution in [1.29, 1.82) is 0 Å². The monoisotopic (exact) mass is 400 g/mol. The number of benzene rings is 2. The molecule has 27 heavy (non-hydrogen) atoms. The van der Waals surface area contributed by atoms with Crippen LogP contribution in [-0.4, -0.2) is 34.6 Å². The molecule has 2 aliphatic rings. The maximum Gasteiger partial charge on any atom is 0.256 e. The predicted molar refractivity (Wildman–Crippen MR) is 109 cm³/mol. The lowest BCUT2D eigenvalue weighted by molar-refractivity contribution is -0.125. The van der Waals surface area contributed by atoms with E-state index in [1.165, 1.54) is 0 Å². The third kappa shape index (κ3) is 3.71. The highest BCUT2D eigenvalue weighted by Gasteiger charge is 2.44. The third-order valence-electron chi connectivity index (χ3n) is 5.01. The van der Waals surface area contributed by atoms with Crippen LogP contribution in [-0.2, 0) is 4.79 Å². The van der Waals surface area contributed by atoms with Crippen LogP contribution in [0.5, 0.6) is 0 Å². The van der Waals surface area contributed by atoms with E-state index in [0.717, 1.165) is 24.0 Å². The van der Waals surface area contributed by atoms with Gasteiger partial charge in [0.15, 0.2) is 0 Å². The summed E-state index contributed by atoms with van der Waals surface area (Å²) in [6, 6.07) is 14.8. The molecular weight excluding hydrogens is 380 g/mol. The van der Waals surface area contributed by atoms with E-state index in [1.807, 2.05) is 55.5 Å². The molecule has 6 heteroatoms. The van der Waals surface area contributed by atoms with Gasteiger partial charge in [0.05, 0.1) is 0 Å². The smallest absolute Gasteiger partial charge is 0.256 e. The van der Waals surface area contributed by atoms with E-state index in [1.54, 1.807) is 16.7 Å². The fourth-order valence-electron chi connectivity index (χ4n) is 3.35. The summed E-state index contributed by atoms with van der Waals surface area (Å²) in [4.78, 5) is 28.0. The molecule has 4 nitrogen and oxygen atoms in total. The van der Waals surface area contributed by atoms with E-state index in [0.29, 0.717) is 16.3 Å². The van der Waals surface area contributed by atoms with Crippen LogP contribution in [0, 0.1) is 6.92 Å². The molecule has 2 atom stereocenters. The number of nitrogens with zero attached hydrogens (tertiary/aromatic N) is 1. The highest BCUT2D eigenvalue weighted by Crippen LogP contribution is 2.44. The van der Waals surface area contributed by atoms with Gasteiger partial charge >= 0.3 is 0 Å². The molecule has 1 saturated heterocycles. The Morgan fingerprint density at radius 3 is 2.52 bits per heavy atom. The number of aryl methyl sites for hydroxylation is 1. The first kappa shape index (κ1) is 18.4. The van der Waals surface area contributed by atoms with Crippen molar-refractivity contribution in [3.8, 4) is 0 Å². The highest BCUT2D eigenvalue weighted by atomic mass is 35.5. The zero-order valence-corrected chi connectivity index (χ0v) is 16.6. The zero-order valence-electron chi connectivity index (χ0n) is 15.0. The molecule has 0 radical (unpaired) electrons. The number of nitrogens with one attached hydrogen (secondary N) is 1. The summed E-state index contributed by atoms with van der Waals surface area (Å²) in [5.74, 6) is 0.368. The Kier molecular flexibility index (Phi) is 5.15. The van der Waals surface area contributed by atoms with E-state index in [-0.39, 0.29) is 23.2 Å². The van der Waals surface area contributed by atoms with Crippen LogP contribution in [0.2, 0.25) is 5.02 Å². The van der Waals surface area contributed by atoms with E-state index in [9.17, 15) is 9.59 Å². The molecule has 1 aliphatic heterocycles. The van der Waals surface area contributed by atoms with Crippen molar-refractivity contribution in [2.24, 2.45) is 0 Å². The predicted octanol–water partition coefficient (Wildman–Crippen LogP) is 4.18. The second-order valence-corrected chi connectivity index (χ2v) is 8.55. The first-order valence-electron chi connectivity index (χ1n) is 9.11. The molecule has 1 heterocycles. The fourth-order valence-corrected chi connectivity index (χ4v) is 5.12. The maximum atomic E-state index is 13.5. The Labute approximate surface area is 168 Å². The number of hydrogen-bond donors (Lipinski definition) is 1. The van der Waals surface area contributed by atoms with Crippen molar-refractivity contribution >= 4 is 35.2 Å². The Morgan fingerprint density at radius 2 is 1.81 bits per heavy atom. The molecule has 0 spiro atoms. The molecule has 2 aromatic rings. The number of halogens is 1. The standard InChI is InChI=1S/C21H21ClN2O2S/c1-13-6-2-3-7-15(13)20(26)24-18(19(25)23-14-10-11-14)12-27-21(24)16-8-4-5-9-17(16)22/h2-9,14,18,21H,10-12H2,1H3,(H,23,25). The van der Waals surface area contributed by atoms with Gasteiger partial charge in [0.1, 0.15) is 11.4 Å². The van der Waals surface area contributed by atoms with Gasteiger partial charge in [0, 0.05) is 27.9 Å². The molecule has 1 aliphatic carbocycles. The average molecular weight is 401 g/mol. The Balaban J connectivity index is 1.71. The normalized spacial score (nSPS) is 21.9. The number of rotatable bonds is 4. The number of amides is 2. The van der Waals surface area contributed by atoms with Crippen molar-refractivity contribution in [2.45, 2.75) is 37.2 Å². The summed E-state index contributed by atoms with van der Waals surface area (Å²) in [7, 11) is 0. The third-order valence-corrected chi connectivity index (χ3v) is 6.66. The van der Waals surface area contributed by atoms with Crippen LogP contribution >= 0.6 is 23.4 Å². The molecule has 1 N–H and O–H groups in total. The van der Waals surface area contributed by atoms with Gasteiger partial charge < -0.3 is 10.2 Å². The van der Waals surface area contributed by atoms with Crippen LogP contribution in [0.4, 0.5) is 0 Å². The largest absolute Gasteiger partial charge is 0.352 e. The van der Waals surface area contributed by atoms with Gasteiger partial charge in [0.2, 0.25) is 5.91 Å². The van der Waals surface area contributed by atoms with Gasteiger partial charge in [-0.05, 0) is 37.5 Å². The van der Waals surface area contributed by atoms with Crippen molar-refractivity contribution in [1.82, 2.24) is 10.2 Å². The van der Waals surface area contributed by atoms with Crippen LogP contribution in [0.3, 0.4) is 0 Å². The molecule has 4 rings (SSSR count). The topological polar surface area (TPSA) is 49.4 Å². The summed E-state index contributed by atoms with van der Waals surface area (Å²) in [5.41, 5.74) is 2.40. The number of carbonyl (C=O) groups excluding carboxylic acids is 2. The van der Waals surface area contributed by atoms with Crippen LogP contribution in [0.15, 0.2) is 48.5 Å². The highest BCUT2D eigenvalue weighted by molar-refractivity contribution is 7.99. The number of thioether (sulfide) groups is 1. The quantitative estimate of drug-likeness (QED) is 0.837. The van der Waals surface area contributed by atoms with Crippen molar-refractivity contribution < 1.29 is 9.59 Å². The Bertz CT molecular complexity index is 884. The first-order chi connectivity index (χ1) is 13.1. The zero-order chi connectivity index (χ0) is 19.0. The summed E-state index contributed by atoms with van der Waals surface area (Å²) in [6.07, 6.45) is 2.04. The molecular formula is C21H21ClN2O2S. The first-order valence-corrected chi connectivity index (χ1v) is 10.5. The summed E-state index contributed by atoms with van der Waals surface area (Å²) in [6.45, 7) is 1.92. The minimum absolute atomic E-state index is 0.0681. The molecule has 2 aromatic carbocycles. The van der Waals surface area contributed by atoms with Gasteiger partial charge in [-0.25, -0.2) is 0 Å². The lowest BCUT2D eigenvalue weighted by Gasteiger charge is -2.30. The Hall–Kier alpha value is -1.98. The maximum absolute atomic E-state index is 13.5. The minimum Gasteiger partial charge on any atom is -0.352 e. The van der Waals surface area contributed by atoms with E-state index in [4.69, 9.17) is 11.6 Å². The van der Waals surface area contributed by atoms with Crippen molar-refractivity contribution in [2.75, 3.05) is 5.75 Å². The Morgan fingerprint density at radius 1 is 1.11 bits per heavy atom. The van der Waals surface area contributed by atoms with Crippen LogP contribution < -0.4 is 5.32 Å². The van der Waals surface area contributed by atoms with Crippen molar-refractivity contribution in [3.05, 3.63) is 70.2 Å². The number of hydrogen-bond acceptors (Lipinski definition) is 3. The minimum atomic E-state index is -0.496. The van der Waals surface area contributed by atoms with Gasteiger partial charge in [0.25, 0.3) is 5.91 Å². The summed E-state index contributed by atoms with van der Waals surface area (Å²) >= 11 is 8.01. The van der Waals surface area contributed by atoms with Gasteiger partial charge in [-0.1, -0.05) is 48.0 Å². The number of carbonyl (C=O) groups is 2. The SMILES string of the molecule is Cc1ccccc1C(=O)N1C(C(=O)NC2CC2)CSC1c1ccccc1Cl. The fraction of sp³-hybridized carbons (Fsp3) is 0.333. The second kappa shape index (κ2) is 7.56. The second-order valence-electron chi connectivity index (χ2n) is 7.03. The molecule has 140 valence electrons. The molecule has 1 saturated carbocycles. The van der Waals surface area contributed by atoms with E-state index >= 15 is 0 Å². The lowest BCUT2D eigenvalue weighted by atomic mass is 10.1. The average Bonchev–Trinajstić information content (AvgIpc) is 3.36. The lowest BCUT2D eigenvalue weighted by Crippen LogP contribution is -2.48. The van der Waals surface area contributed by atoms with Crippen molar-refractivity contribution in [3.63, 3.8) is 0 Å². The van der Waals surface area contributed by atoms with Crippen LogP contribution in [0.25, 0.3) is 0 Å². The molecule has 0 aromatic heterocycles.